The number of hydrogen-bond acceptors (Lipinski definition) is 4. The van der Waals surface area contributed by atoms with E-state index in [9.17, 15) is 17.4 Å². The van der Waals surface area contributed by atoms with Crippen molar-refractivity contribution >= 4 is 37.2 Å². The van der Waals surface area contributed by atoms with Gasteiger partial charge in [-0.1, -0.05) is 26.0 Å². The maximum absolute atomic E-state index is 13.1. The number of pyridine rings is 1. The van der Waals surface area contributed by atoms with Gasteiger partial charge in [0.1, 0.15) is 0 Å². The molecule has 4 aromatic rings. The van der Waals surface area contributed by atoms with Gasteiger partial charge in [0.15, 0.2) is 5.82 Å². The molecule has 0 amide bonds. The summed E-state index contributed by atoms with van der Waals surface area (Å²) in [5.74, 6) is 0.307. The Bertz CT molecular complexity index is 1400. The highest BCUT2D eigenvalue weighted by Gasteiger charge is 2.30. The average molecular weight is 446 g/mol. The van der Waals surface area contributed by atoms with E-state index in [1.54, 1.807) is 6.20 Å². The monoisotopic (exact) mass is 446 g/mol. The van der Waals surface area contributed by atoms with Crippen LogP contribution in [-0.4, -0.2) is 31.9 Å². The Morgan fingerprint density at radius 3 is 2.32 bits per heavy atom. The van der Waals surface area contributed by atoms with Crippen molar-refractivity contribution in [1.29, 1.82) is 0 Å². The number of alkyl halides is 3. The lowest BCUT2D eigenvalue weighted by Crippen LogP contribution is -2.05. The highest BCUT2D eigenvalue weighted by molar-refractivity contribution is 7.92. The number of benzene rings is 2. The van der Waals surface area contributed by atoms with Crippen molar-refractivity contribution in [2.24, 2.45) is 4.36 Å². The highest BCUT2D eigenvalue weighted by atomic mass is 32.2. The number of halogens is 3. The number of aromatic nitrogens is 3. The van der Waals surface area contributed by atoms with Crippen molar-refractivity contribution in [2.75, 3.05) is 12.5 Å². The fraction of sp³-hybridized carbons (Fsp3) is 0.273. The van der Waals surface area contributed by atoms with E-state index in [0.29, 0.717) is 22.5 Å². The molecule has 31 heavy (non-hydrogen) atoms. The molecular weight excluding hydrogens is 425 g/mol. The first-order chi connectivity index (χ1) is 14.4. The Kier molecular flexibility index (Phi) is 5.04. The Hall–Kier alpha value is -2.94. The van der Waals surface area contributed by atoms with Gasteiger partial charge in [0, 0.05) is 38.6 Å². The van der Waals surface area contributed by atoms with Crippen LogP contribution in [0.4, 0.5) is 19.0 Å². The van der Waals surface area contributed by atoms with Crippen molar-refractivity contribution < 1.29 is 17.4 Å². The zero-order chi connectivity index (χ0) is 22.6. The van der Waals surface area contributed by atoms with Gasteiger partial charge in [-0.2, -0.15) is 22.6 Å². The number of hydrogen-bond donors (Lipinski definition) is 1. The zero-order valence-corrected chi connectivity index (χ0v) is 18.2. The molecule has 0 unspecified atom stereocenters. The molecule has 0 bridgehead atoms. The van der Waals surface area contributed by atoms with Crippen molar-refractivity contribution in [1.82, 2.24) is 15.2 Å². The number of aromatic amines is 1. The Morgan fingerprint density at radius 2 is 1.74 bits per heavy atom. The molecule has 0 aliphatic rings. The van der Waals surface area contributed by atoms with E-state index >= 15 is 0 Å². The molecule has 1 N–H and O–H groups in total. The molecule has 0 aliphatic heterocycles. The summed E-state index contributed by atoms with van der Waals surface area (Å²) in [5.41, 5.74) is 2.09. The Morgan fingerprint density at radius 1 is 1.06 bits per heavy atom. The number of fused-ring (bicyclic) bond motifs is 2. The summed E-state index contributed by atoms with van der Waals surface area (Å²) >= 11 is 0. The largest absolute Gasteiger partial charge is 0.416 e. The summed E-state index contributed by atoms with van der Waals surface area (Å²) in [6.07, 6.45) is 0.344. The average Bonchev–Trinajstić information content (AvgIpc) is 3.12. The van der Waals surface area contributed by atoms with Crippen molar-refractivity contribution in [3.8, 4) is 11.1 Å². The third-order valence-corrected chi connectivity index (χ3v) is 5.54. The van der Waals surface area contributed by atoms with E-state index in [0.717, 1.165) is 34.0 Å². The predicted octanol–water partition coefficient (Wildman–Crippen LogP) is 6.28. The second-order valence-corrected chi connectivity index (χ2v) is 10.6. The van der Waals surface area contributed by atoms with Crippen molar-refractivity contribution in [3.05, 3.63) is 53.9 Å². The third-order valence-electron chi connectivity index (χ3n) is 4.93. The Balaban J connectivity index is 2.12. The lowest BCUT2D eigenvalue weighted by atomic mass is 9.91. The van der Waals surface area contributed by atoms with E-state index in [4.69, 9.17) is 4.98 Å². The summed E-state index contributed by atoms with van der Waals surface area (Å²) in [6.45, 7) is 3.91. The molecule has 2 heterocycles. The quantitative estimate of drug-likeness (QED) is 0.403. The van der Waals surface area contributed by atoms with E-state index in [1.165, 1.54) is 24.6 Å². The van der Waals surface area contributed by atoms with Gasteiger partial charge < -0.3 is 0 Å². The molecule has 162 valence electrons. The standard InChI is InChI=1S/C22H21F3N4OS/c1-12(2)20-19(13-5-7-15(8-6-13)22(23,24)25)16-9-14-11-26-28-18(14)10-17(16)21(27-20)29-31(3,4)30/h5-12H,1-4H3,(H,26,28). The van der Waals surface area contributed by atoms with Crippen LogP contribution in [0.2, 0.25) is 0 Å². The minimum Gasteiger partial charge on any atom is -0.278 e. The van der Waals surface area contributed by atoms with Gasteiger partial charge in [0.2, 0.25) is 0 Å². The minimum atomic E-state index is -4.41. The molecule has 2 aromatic heterocycles. The van der Waals surface area contributed by atoms with Crippen molar-refractivity contribution in [3.63, 3.8) is 0 Å². The molecule has 2 aromatic carbocycles. The van der Waals surface area contributed by atoms with Gasteiger partial charge in [0.25, 0.3) is 0 Å². The first-order valence-corrected chi connectivity index (χ1v) is 11.9. The molecule has 9 heteroatoms. The van der Waals surface area contributed by atoms with Gasteiger partial charge in [-0.3, -0.25) is 5.10 Å². The van der Waals surface area contributed by atoms with Gasteiger partial charge >= 0.3 is 6.18 Å². The second-order valence-electron chi connectivity index (χ2n) is 8.05. The topological polar surface area (TPSA) is 71.0 Å². The molecule has 0 saturated heterocycles. The molecule has 0 fully saturated rings. The van der Waals surface area contributed by atoms with E-state index < -0.39 is 21.5 Å². The van der Waals surface area contributed by atoms with Crippen LogP contribution in [0, 0.1) is 0 Å². The Labute approximate surface area is 177 Å². The maximum atomic E-state index is 13.1. The molecule has 0 saturated carbocycles. The summed E-state index contributed by atoms with van der Waals surface area (Å²) < 4.78 is 56.0. The summed E-state index contributed by atoms with van der Waals surface area (Å²) in [6, 6.07) is 8.83. The minimum absolute atomic E-state index is 0.0412. The number of nitrogens with zero attached hydrogens (tertiary/aromatic N) is 3. The fourth-order valence-corrected chi connectivity index (χ4v) is 4.13. The fourth-order valence-electron chi connectivity index (χ4n) is 3.58. The molecular formula is C22H21F3N4OS. The van der Waals surface area contributed by atoms with Crippen LogP contribution in [0.5, 0.6) is 0 Å². The van der Waals surface area contributed by atoms with Gasteiger partial charge in [-0.25, -0.2) is 9.19 Å². The van der Waals surface area contributed by atoms with Crippen LogP contribution in [0.15, 0.2) is 47.0 Å². The first-order valence-electron chi connectivity index (χ1n) is 9.59. The summed E-state index contributed by atoms with van der Waals surface area (Å²) in [7, 11) is -2.49. The first kappa shape index (κ1) is 21.3. The van der Waals surface area contributed by atoms with E-state index in [1.807, 2.05) is 26.0 Å². The molecule has 0 aliphatic carbocycles. The van der Waals surface area contributed by atoms with E-state index in [-0.39, 0.29) is 5.92 Å². The van der Waals surface area contributed by atoms with Gasteiger partial charge in [-0.15, -0.1) is 0 Å². The number of nitrogens with one attached hydrogen (secondary N) is 1. The second kappa shape index (κ2) is 7.33. The van der Waals surface area contributed by atoms with Crippen LogP contribution in [0.1, 0.15) is 31.0 Å². The number of rotatable bonds is 3. The molecule has 0 spiro atoms. The zero-order valence-electron chi connectivity index (χ0n) is 17.4. The van der Waals surface area contributed by atoms with Gasteiger partial charge in [0.05, 0.1) is 23.0 Å². The third kappa shape index (κ3) is 4.14. The SMILES string of the molecule is CC(C)c1nc(N=S(C)(C)=O)c2cc3[nH]ncc3cc2c1-c1ccc(C(F)(F)F)cc1. The predicted molar refractivity (Wildman–Crippen MR) is 118 cm³/mol. The summed E-state index contributed by atoms with van der Waals surface area (Å²) in [4.78, 5) is 4.72. The highest BCUT2D eigenvalue weighted by Crippen LogP contribution is 2.41. The van der Waals surface area contributed by atoms with Crippen molar-refractivity contribution in [2.45, 2.75) is 25.9 Å². The molecule has 0 atom stereocenters. The number of H-pyrrole nitrogens is 1. The summed E-state index contributed by atoms with van der Waals surface area (Å²) in [5, 5.41) is 9.26. The van der Waals surface area contributed by atoms with Crippen LogP contribution < -0.4 is 0 Å². The lowest BCUT2D eigenvalue weighted by Gasteiger charge is -2.18. The van der Waals surface area contributed by atoms with Crippen LogP contribution in [0.3, 0.4) is 0 Å². The van der Waals surface area contributed by atoms with Gasteiger partial charge in [-0.05, 0) is 41.1 Å². The normalized spacial score (nSPS) is 12.8. The van der Waals surface area contributed by atoms with E-state index in [2.05, 4.69) is 14.6 Å². The maximum Gasteiger partial charge on any atom is 0.416 e. The molecule has 4 rings (SSSR count). The smallest absolute Gasteiger partial charge is 0.278 e. The van der Waals surface area contributed by atoms with Crippen LogP contribution in [-0.2, 0) is 15.9 Å². The molecule has 0 radical (unpaired) electrons. The van der Waals surface area contributed by atoms with Crippen LogP contribution in [0.25, 0.3) is 32.8 Å². The lowest BCUT2D eigenvalue weighted by molar-refractivity contribution is -0.137. The molecule has 5 nitrogen and oxygen atoms in total. The van der Waals surface area contributed by atoms with Crippen LogP contribution >= 0.6 is 0 Å².